The Morgan fingerprint density at radius 3 is 2.86 bits per heavy atom. The third kappa shape index (κ3) is 2.71. The molecule has 2 aromatic rings. The maximum absolute atomic E-state index is 12.7. The zero-order valence-corrected chi connectivity index (χ0v) is 14.4. The van der Waals surface area contributed by atoms with E-state index >= 15 is 0 Å². The molecule has 0 aliphatic carbocycles. The van der Waals surface area contributed by atoms with E-state index < -0.39 is 10.0 Å². The summed E-state index contributed by atoms with van der Waals surface area (Å²) < 4.78 is 22.7. The molecule has 0 fully saturated rings. The fourth-order valence-electron chi connectivity index (χ4n) is 2.82. The van der Waals surface area contributed by atoms with Gasteiger partial charge in [-0.05, 0) is 35.9 Å². The summed E-state index contributed by atoms with van der Waals surface area (Å²) in [5.74, 6) is -0.130. The Kier molecular flexibility index (Phi) is 4.11. The van der Waals surface area contributed by atoms with Crippen molar-refractivity contribution in [1.29, 1.82) is 0 Å². The van der Waals surface area contributed by atoms with Crippen LogP contribution in [0.5, 0.6) is 0 Å². The molecule has 1 amide bonds. The Hall–Kier alpha value is -1.22. The highest BCUT2D eigenvalue weighted by Crippen LogP contribution is 2.36. The van der Waals surface area contributed by atoms with Crippen molar-refractivity contribution >= 4 is 38.6 Å². The van der Waals surface area contributed by atoms with E-state index in [0.29, 0.717) is 12.1 Å². The summed E-state index contributed by atoms with van der Waals surface area (Å²) in [6.45, 7) is 2.71. The van der Waals surface area contributed by atoms with Crippen LogP contribution in [0.1, 0.15) is 40.2 Å². The number of primary sulfonamides is 1. The highest BCUT2D eigenvalue weighted by Gasteiger charge is 2.31. The van der Waals surface area contributed by atoms with Crippen molar-refractivity contribution in [2.45, 2.75) is 30.0 Å². The van der Waals surface area contributed by atoms with Crippen LogP contribution < -0.4 is 5.14 Å². The Morgan fingerprint density at radius 2 is 2.23 bits per heavy atom. The Bertz CT molecular complexity index is 807. The van der Waals surface area contributed by atoms with Gasteiger partial charge in [0, 0.05) is 16.8 Å². The summed E-state index contributed by atoms with van der Waals surface area (Å²) in [6, 6.07) is 3.51. The summed E-state index contributed by atoms with van der Waals surface area (Å²) in [4.78, 5) is 15.9. The van der Waals surface area contributed by atoms with Crippen molar-refractivity contribution in [2.24, 2.45) is 5.14 Å². The van der Waals surface area contributed by atoms with Crippen molar-refractivity contribution in [2.75, 3.05) is 6.54 Å². The standard InChI is InChI=1S/C14H16N2O3S3/c1-2-11-10-4-6-20-12(10)3-5-16(11)14(17)9-7-13(21-8-9)22(15,18)19/h4,6-8,11H,2-3,5H2,1H3,(H2,15,18,19). The molecule has 0 spiro atoms. The van der Waals surface area contributed by atoms with E-state index in [9.17, 15) is 13.2 Å². The van der Waals surface area contributed by atoms with E-state index in [-0.39, 0.29) is 16.2 Å². The highest BCUT2D eigenvalue weighted by molar-refractivity contribution is 7.91. The largest absolute Gasteiger partial charge is 0.331 e. The van der Waals surface area contributed by atoms with Gasteiger partial charge >= 0.3 is 0 Å². The maximum Gasteiger partial charge on any atom is 0.255 e. The molecule has 1 aliphatic rings. The molecule has 22 heavy (non-hydrogen) atoms. The second-order valence-electron chi connectivity index (χ2n) is 5.17. The topological polar surface area (TPSA) is 80.5 Å². The van der Waals surface area contributed by atoms with Crippen LogP contribution in [0.3, 0.4) is 0 Å². The molecule has 8 heteroatoms. The summed E-state index contributed by atoms with van der Waals surface area (Å²) >= 11 is 2.72. The van der Waals surface area contributed by atoms with Crippen LogP contribution in [0.25, 0.3) is 0 Å². The molecule has 1 unspecified atom stereocenters. The number of rotatable bonds is 3. The average Bonchev–Trinajstić information content (AvgIpc) is 3.13. The van der Waals surface area contributed by atoms with Crippen LogP contribution in [0.4, 0.5) is 0 Å². The molecule has 5 nitrogen and oxygen atoms in total. The molecule has 0 saturated heterocycles. The zero-order chi connectivity index (χ0) is 15.9. The lowest BCUT2D eigenvalue weighted by Crippen LogP contribution is -2.39. The van der Waals surface area contributed by atoms with E-state index in [1.54, 1.807) is 16.7 Å². The predicted molar refractivity (Wildman–Crippen MR) is 87.8 cm³/mol. The fraction of sp³-hybridized carbons (Fsp3) is 0.357. The second kappa shape index (κ2) is 5.77. The lowest BCUT2D eigenvalue weighted by molar-refractivity contribution is 0.0658. The monoisotopic (exact) mass is 356 g/mol. The lowest BCUT2D eigenvalue weighted by Gasteiger charge is -2.35. The molecule has 1 aliphatic heterocycles. The van der Waals surface area contributed by atoms with Crippen LogP contribution in [0, 0.1) is 0 Å². The summed E-state index contributed by atoms with van der Waals surface area (Å²) in [5, 5.41) is 8.74. The summed E-state index contributed by atoms with van der Waals surface area (Å²) in [5.41, 5.74) is 1.61. The number of nitrogens with two attached hydrogens (primary N) is 1. The highest BCUT2D eigenvalue weighted by atomic mass is 32.2. The molecule has 3 heterocycles. The molecule has 0 saturated carbocycles. The first-order valence-electron chi connectivity index (χ1n) is 6.90. The minimum atomic E-state index is -3.76. The summed E-state index contributed by atoms with van der Waals surface area (Å²) in [7, 11) is -3.76. The first kappa shape index (κ1) is 15.7. The van der Waals surface area contributed by atoms with Gasteiger partial charge in [0.05, 0.1) is 11.6 Å². The van der Waals surface area contributed by atoms with Gasteiger partial charge in [-0.1, -0.05) is 6.92 Å². The second-order valence-corrected chi connectivity index (χ2v) is 8.87. The van der Waals surface area contributed by atoms with Gasteiger partial charge in [0.15, 0.2) is 0 Å². The maximum atomic E-state index is 12.7. The number of hydrogen-bond donors (Lipinski definition) is 1. The smallest absolute Gasteiger partial charge is 0.255 e. The van der Waals surface area contributed by atoms with Gasteiger partial charge in [0.25, 0.3) is 5.91 Å². The molecular weight excluding hydrogens is 340 g/mol. The van der Waals surface area contributed by atoms with E-state index in [1.807, 2.05) is 4.90 Å². The third-order valence-electron chi connectivity index (χ3n) is 3.85. The van der Waals surface area contributed by atoms with Crippen molar-refractivity contribution in [1.82, 2.24) is 4.90 Å². The van der Waals surface area contributed by atoms with Gasteiger partial charge < -0.3 is 4.90 Å². The minimum absolute atomic E-state index is 0.0251. The molecule has 1 atom stereocenters. The van der Waals surface area contributed by atoms with Crippen LogP contribution in [0.2, 0.25) is 0 Å². The number of nitrogens with zero attached hydrogens (tertiary/aromatic N) is 1. The molecule has 118 valence electrons. The van der Waals surface area contributed by atoms with Crippen LogP contribution in [0.15, 0.2) is 27.1 Å². The first-order valence-corrected chi connectivity index (χ1v) is 10.2. The first-order chi connectivity index (χ1) is 10.4. The zero-order valence-electron chi connectivity index (χ0n) is 12.0. The molecule has 3 rings (SSSR count). The van der Waals surface area contributed by atoms with Gasteiger partial charge in [0.2, 0.25) is 10.0 Å². The van der Waals surface area contributed by atoms with E-state index in [4.69, 9.17) is 5.14 Å². The normalized spacial score (nSPS) is 18.3. The van der Waals surface area contributed by atoms with Gasteiger partial charge in [-0.3, -0.25) is 4.79 Å². The Morgan fingerprint density at radius 1 is 1.45 bits per heavy atom. The molecule has 0 aromatic carbocycles. The van der Waals surface area contributed by atoms with Gasteiger partial charge in [0.1, 0.15) is 4.21 Å². The van der Waals surface area contributed by atoms with Crippen molar-refractivity contribution in [3.05, 3.63) is 38.9 Å². The molecule has 2 N–H and O–H groups in total. The van der Waals surface area contributed by atoms with Crippen molar-refractivity contribution < 1.29 is 13.2 Å². The number of sulfonamides is 1. The minimum Gasteiger partial charge on any atom is -0.331 e. The predicted octanol–water partition coefficient (Wildman–Crippen LogP) is 2.61. The molecule has 0 radical (unpaired) electrons. The van der Waals surface area contributed by atoms with Crippen LogP contribution >= 0.6 is 22.7 Å². The van der Waals surface area contributed by atoms with E-state index in [0.717, 1.165) is 24.2 Å². The quantitative estimate of drug-likeness (QED) is 0.918. The van der Waals surface area contributed by atoms with Gasteiger partial charge in [-0.2, -0.15) is 0 Å². The SMILES string of the molecule is CCC1c2ccsc2CCN1C(=O)c1csc(S(N)(=O)=O)c1. The lowest BCUT2D eigenvalue weighted by atomic mass is 9.97. The number of carbonyl (C=O) groups is 1. The average molecular weight is 356 g/mol. The number of hydrogen-bond acceptors (Lipinski definition) is 5. The Labute approximate surface area is 137 Å². The fourth-order valence-corrected chi connectivity index (χ4v) is 5.33. The Balaban J connectivity index is 1.91. The van der Waals surface area contributed by atoms with Crippen LogP contribution in [-0.4, -0.2) is 25.8 Å². The van der Waals surface area contributed by atoms with Crippen molar-refractivity contribution in [3.63, 3.8) is 0 Å². The molecular formula is C14H16N2O3S3. The number of carbonyl (C=O) groups excluding carboxylic acids is 1. The molecule has 0 bridgehead atoms. The van der Waals surface area contributed by atoms with Gasteiger partial charge in [-0.15, -0.1) is 22.7 Å². The number of thiophene rings is 2. The van der Waals surface area contributed by atoms with E-state index in [1.165, 1.54) is 16.5 Å². The molecule has 2 aromatic heterocycles. The van der Waals surface area contributed by atoms with Crippen molar-refractivity contribution in [3.8, 4) is 0 Å². The third-order valence-corrected chi connectivity index (χ3v) is 7.23. The van der Waals surface area contributed by atoms with E-state index in [2.05, 4.69) is 18.4 Å². The number of amides is 1. The van der Waals surface area contributed by atoms with Gasteiger partial charge in [-0.25, -0.2) is 13.6 Å². The van der Waals surface area contributed by atoms with Crippen LogP contribution in [-0.2, 0) is 16.4 Å². The number of fused-ring (bicyclic) bond motifs is 1. The summed E-state index contributed by atoms with van der Waals surface area (Å²) in [6.07, 6.45) is 1.68.